The molecule has 0 heterocycles. The fourth-order valence-electron chi connectivity index (χ4n) is 2.17. The Morgan fingerprint density at radius 2 is 1.92 bits per heavy atom. The quantitative estimate of drug-likeness (QED) is 0.658. The van der Waals surface area contributed by atoms with Gasteiger partial charge in [-0.05, 0) is 47.1 Å². The van der Waals surface area contributed by atoms with Gasteiger partial charge in [0.2, 0.25) is 10.0 Å². The molecule has 134 valence electrons. The lowest BCUT2D eigenvalue weighted by atomic mass is 10.2. The second-order valence-corrected chi connectivity index (χ2v) is 8.09. The zero-order chi connectivity index (χ0) is 18.6. The van der Waals surface area contributed by atoms with E-state index in [0.29, 0.717) is 0 Å². The summed E-state index contributed by atoms with van der Waals surface area (Å²) >= 11 is 3.18. The van der Waals surface area contributed by atoms with Crippen LogP contribution in [0.25, 0.3) is 0 Å². The third-order valence-corrected chi connectivity index (χ3v) is 6.26. The molecule has 0 spiro atoms. The summed E-state index contributed by atoms with van der Waals surface area (Å²) in [6.07, 6.45) is 0. The lowest BCUT2D eigenvalue weighted by Gasteiger charge is -2.18. The van der Waals surface area contributed by atoms with Gasteiger partial charge in [-0.3, -0.25) is 0 Å². The van der Waals surface area contributed by atoms with Crippen molar-refractivity contribution in [3.8, 4) is 0 Å². The fourth-order valence-corrected chi connectivity index (χ4v) is 4.35. The van der Waals surface area contributed by atoms with E-state index in [9.17, 15) is 17.6 Å². The number of sulfonamides is 1. The highest BCUT2D eigenvalue weighted by Crippen LogP contribution is 2.27. The first-order valence-corrected chi connectivity index (χ1v) is 9.67. The number of benzene rings is 2. The van der Waals surface area contributed by atoms with Crippen LogP contribution in [0.2, 0.25) is 0 Å². The average Bonchev–Trinajstić information content (AvgIpc) is 2.56. The second kappa shape index (κ2) is 8.07. The summed E-state index contributed by atoms with van der Waals surface area (Å²) in [4.78, 5) is 11.7. The van der Waals surface area contributed by atoms with E-state index in [4.69, 9.17) is 4.74 Å². The highest BCUT2D eigenvalue weighted by Gasteiger charge is 2.25. The van der Waals surface area contributed by atoms with Crippen LogP contribution in [0.1, 0.15) is 22.8 Å². The smallest absolute Gasteiger partial charge is 0.338 e. The first-order chi connectivity index (χ1) is 11.8. The predicted octanol–water partition coefficient (Wildman–Crippen LogP) is 3.59. The molecule has 0 atom stereocenters. The molecule has 0 fully saturated rings. The van der Waals surface area contributed by atoms with Gasteiger partial charge in [0, 0.05) is 23.6 Å². The van der Waals surface area contributed by atoms with Crippen LogP contribution in [0, 0.1) is 5.82 Å². The molecule has 5 nitrogen and oxygen atoms in total. The minimum absolute atomic E-state index is 0.0145. The van der Waals surface area contributed by atoms with Crippen molar-refractivity contribution in [1.29, 1.82) is 0 Å². The van der Waals surface area contributed by atoms with Crippen LogP contribution in [-0.2, 0) is 21.3 Å². The summed E-state index contributed by atoms with van der Waals surface area (Å²) in [6, 6.07) is 10.1. The standard InChI is InChI=1S/C17H17BrFNO4S/c1-3-24-17(21)12-8-9-16(14(18)10-12)25(22,23)20(2)11-13-6-4-5-7-15(13)19/h4-10H,3,11H2,1-2H3. The van der Waals surface area contributed by atoms with Crippen molar-refractivity contribution < 1.29 is 22.3 Å². The van der Waals surface area contributed by atoms with Crippen LogP contribution in [0.4, 0.5) is 4.39 Å². The lowest BCUT2D eigenvalue weighted by Crippen LogP contribution is -2.27. The summed E-state index contributed by atoms with van der Waals surface area (Å²) in [5.74, 6) is -1.01. The van der Waals surface area contributed by atoms with Gasteiger partial charge in [-0.15, -0.1) is 0 Å². The van der Waals surface area contributed by atoms with E-state index in [-0.39, 0.29) is 33.6 Å². The SMILES string of the molecule is CCOC(=O)c1ccc(S(=O)(=O)N(C)Cc2ccccc2F)c(Br)c1. The topological polar surface area (TPSA) is 63.7 Å². The van der Waals surface area contributed by atoms with E-state index in [0.717, 1.165) is 4.31 Å². The average molecular weight is 430 g/mol. The fraction of sp³-hybridized carbons (Fsp3) is 0.235. The number of esters is 1. The maximum atomic E-state index is 13.8. The third kappa shape index (κ3) is 4.45. The molecule has 0 N–H and O–H groups in total. The molecule has 0 radical (unpaired) electrons. The molecule has 0 saturated carbocycles. The van der Waals surface area contributed by atoms with Crippen molar-refractivity contribution in [3.05, 3.63) is 63.9 Å². The highest BCUT2D eigenvalue weighted by atomic mass is 79.9. The van der Waals surface area contributed by atoms with Gasteiger partial charge in [-0.2, -0.15) is 4.31 Å². The van der Waals surface area contributed by atoms with E-state index >= 15 is 0 Å². The first kappa shape index (κ1) is 19.6. The lowest BCUT2D eigenvalue weighted by molar-refractivity contribution is 0.0526. The van der Waals surface area contributed by atoms with Gasteiger partial charge in [-0.1, -0.05) is 18.2 Å². The summed E-state index contributed by atoms with van der Waals surface area (Å²) in [5, 5.41) is 0. The van der Waals surface area contributed by atoms with Gasteiger partial charge in [-0.25, -0.2) is 17.6 Å². The molecule has 0 aromatic heterocycles. The Hall–Kier alpha value is -1.77. The summed E-state index contributed by atoms with van der Waals surface area (Å²) in [7, 11) is -2.50. The van der Waals surface area contributed by atoms with Crippen LogP contribution >= 0.6 is 15.9 Å². The molecule has 2 rings (SSSR count). The van der Waals surface area contributed by atoms with Crippen LogP contribution in [0.3, 0.4) is 0 Å². The molecule has 8 heteroatoms. The molecule has 0 aliphatic heterocycles. The maximum absolute atomic E-state index is 13.8. The molecule has 0 bridgehead atoms. The molecule has 0 amide bonds. The van der Waals surface area contributed by atoms with Crippen molar-refractivity contribution in [2.24, 2.45) is 0 Å². The number of carbonyl (C=O) groups is 1. The van der Waals surface area contributed by atoms with Crippen molar-refractivity contribution in [2.75, 3.05) is 13.7 Å². The molecule has 2 aromatic rings. The maximum Gasteiger partial charge on any atom is 0.338 e. The minimum Gasteiger partial charge on any atom is -0.462 e. The number of ether oxygens (including phenoxy) is 1. The molecule has 2 aromatic carbocycles. The Bertz CT molecular complexity index is 886. The van der Waals surface area contributed by atoms with Gasteiger partial charge in [0.05, 0.1) is 17.1 Å². The third-order valence-electron chi connectivity index (χ3n) is 3.48. The largest absolute Gasteiger partial charge is 0.462 e. The zero-order valence-corrected chi connectivity index (χ0v) is 16.1. The number of rotatable bonds is 6. The Labute approximate surface area is 154 Å². The number of nitrogens with zero attached hydrogens (tertiary/aromatic N) is 1. The van der Waals surface area contributed by atoms with Crippen molar-refractivity contribution >= 4 is 31.9 Å². The van der Waals surface area contributed by atoms with Crippen molar-refractivity contribution in [2.45, 2.75) is 18.4 Å². The van der Waals surface area contributed by atoms with E-state index < -0.39 is 21.8 Å². The Morgan fingerprint density at radius 1 is 1.24 bits per heavy atom. The molecule has 0 aliphatic rings. The number of halogens is 2. The van der Waals surface area contributed by atoms with Gasteiger partial charge < -0.3 is 4.74 Å². The Kier molecular flexibility index (Phi) is 6.31. The van der Waals surface area contributed by atoms with Gasteiger partial charge in [0.25, 0.3) is 0 Å². The normalized spacial score (nSPS) is 11.6. The molecule has 0 aliphatic carbocycles. The Morgan fingerprint density at radius 3 is 2.52 bits per heavy atom. The van der Waals surface area contributed by atoms with Crippen molar-refractivity contribution in [1.82, 2.24) is 4.31 Å². The zero-order valence-electron chi connectivity index (χ0n) is 13.7. The van der Waals surface area contributed by atoms with Gasteiger partial charge in [0.15, 0.2) is 0 Å². The van der Waals surface area contributed by atoms with Gasteiger partial charge >= 0.3 is 5.97 Å². The molecule has 0 saturated heterocycles. The summed E-state index contributed by atoms with van der Waals surface area (Å²) in [5.41, 5.74) is 0.511. The monoisotopic (exact) mass is 429 g/mol. The molecular weight excluding hydrogens is 413 g/mol. The van der Waals surface area contributed by atoms with E-state index in [1.54, 1.807) is 13.0 Å². The summed E-state index contributed by atoms with van der Waals surface area (Å²) < 4.78 is 45.4. The van der Waals surface area contributed by atoms with Gasteiger partial charge in [0.1, 0.15) is 5.82 Å². The predicted molar refractivity (Wildman–Crippen MR) is 95.2 cm³/mol. The van der Waals surface area contributed by atoms with E-state index in [2.05, 4.69) is 15.9 Å². The van der Waals surface area contributed by atoms with Crippen LogP contribution in [0.15, 0.2) is 51.8 Å². The number of hydrogen-bond acceptors (Lipinski definition) is 4. The highest BCUT2D eigenvalue weighted by molar-refractivity contribution is 9.10. The van der Waals surface area contributed by atoms with Crippen LogP contribution in [-0.4, -0.2) is 32.3 Å². The molecular formula is C17H17BrFNO4S. The Balaban J connectivity index is 2.29. The number of hydrogen-bond donors (Lipinski definition) is 0. The minimum atomic E-state index is -3.87. The molecule has 25 heavy (non-hydrogen) atoms. The second-order valence-electron chi connectivity index (χ2n) is 5.22. The van der Waals surface area contributed by atoms with E-state index in [1.807, 2.05) is 0 Å². The van der Waals surface area contributed by atoms with E-state index in [1.165, 1.54) is 43.4 Å². The number of carbonyl (C=O) groups excluding carboxylic acids is 1. The molecule has 0 unspecified atom stereocenters. The van der Waals surface area contributed by atoms with Crippen LogP contribution in [0.5, 0.6) is 0 Å². The first-order valence-electron chi connectivity index (χ1n) is 7.43. The van der Waals surface area contributed by atoms with Crippen molar-refractivity contribution in [3.63, 3.8) is 0 Å². The summed E-state index contributed by atoms with van der Waals surface area (Å²) in [6.45, 7) is 1.80. The van der Waals surface area contributed by atoms with Crippen LogP contribution < -0.4 is 0 Å².